The van der Waals surface area contributed by atoms with Crippen LogP contribution in [0, 0.1) is 0 Å². The maximum Gasteiger partial charge on any atom is 0.326 e. The summed E-state index contributed by atoms with van der Waals surface area (Å²) in [5.74, 6) is -1.43. The molecule has 0 saturated heterocycles. The highest BCUT2D eigenvalue weighted by molar-refractivity contribution is 5.85. The Hall–Kier alpha value is -1.92. The number of amides is 1. The van der Waals surface area contributed by atoms with Crippen LogP contribution in [0.1, 0.15) is 26.3 Å². The average molecular weight is 226 g/mol. The normalized spacial score (nSPS) is 14.1. The van der Waals surface area contributed by atoms with Gasteiger partial charge < -0.3 is 10.4 Å². The molecule has 2 N–H and O–H groups in total. The molecule has 16 heavy (non-hydrogen) atoms. The summed E-state index contributed by atoms with van der Waals surface area (Å²) in [6.07, 6.45) is 3.06. The lowest BCUT2D eigenvalue weighted by Gasteiger charge is -2.16. The molecule has 0 aliphatic carbocycles. The Morgan fingerprint density at radius 3 is 2.69 bits per heavy atom. The Labute approximate surface area is 92.5 Å². The molecular weight excluding hydrogens is 212 g/mol. The van der Waals surface area contributed by atoms with E-state index in [2.05, 4.69) is 15.4 Å². The van der Waals surface area contributed by atoms with Crippen molar-refractivity contribution in [1.29, 1.82) is 0 Å². The van der Waals surface area contributed by atoms with Crippen LogP contribution in [0.25, 0.3) is 0 Å². The monoisotopic (exact) mass is 226 g/mol. The van der Waals surface area contributed by atoms with E-state index in [9.17, 15) is 9.59 Å². The van der Waals surface area contributed by atoms with Gasteiger partial charge in [-0.15, -0.1) is 0 Å². The van der Waals surface area contributed by atoms with Crippen molar-refractivity contribution < 1.29 is 14.7 Å². The zero-order valence-corrected chi connectivity index (χ0v) is 9.12. The maximum atomic E-state index is 11.7. The molecule has 1 aromatic heterocycles. The van der Waals surface area contributed by atoms with Crippen molar-refractivity contribution in [2.75, 3.05) is 0 Å². The summed E-state index contributed by atoms with van der Waals surface area (Å²) in [6, 6.07) is -1.44. The SMILES string of the molecule is CCC(NC(=O)C(C)n1cncn1)C(=O)O. The smallest absolute Gasteiger partial charge is 0.326 e. The molecule has 1 rings (SSSR count). The summed E-state index contributed by atoms with van der Waals surface area (Å²) >= 11 is 0. The van der Waals surface area contributed by atoms with Crippen molar-refractivity contribution in [3.05, 3.63) is 12.7 Å². The fourth-order valence-electron chi connectivity index (χ4n) is 1.17. The first kappa shape index (κ1) is 12.2. The molecule has 88 valence electrons. The van der Waals surface area contributed by atoms with E-state index in [-0.39, 0.29) is 5.91 Å². The van der Waals surface area contributed by atoms with Crippen molar-refractivity contribution in [2.24, 2.45) is 0 Å². The Morgan fingerprint density at radius 2 is 2.25 bits per heavy atom. The third-order valence-corrected chi connectivity index (χ3v) is 2.24. The molecular formula is C9H14N4O3. The number of aliphatic carboxylic acids is 1. The molecule has 7 heteroatoms. The quantitative estimate of drug-likeness (QED) is 0.725. The van der Waals surface area contributed by atoms with Gasteiger partial charge in [0.1, 0.15) is 24.7 Å². The predicted molar refractivity (Wildman–Crippen MR) is 54.6 cm³/mol. The molecule has 1 aromatic rings. The van der Waals surface area contributed by atoms with E-state index in [4.69, 9.17) is 5.11 Å². The van der Waals surface area contributed by atoms with Crippen LogP contribution >= 0.6 is 0 Å². The van der Waals surface area contributed by atoms with Crippen LogP contribution in [0.4, 0.5) is 0 Å². The standard InChI is InChI=1S/C9H14N4O3/c1-3-7(9(15)16)12-8(14)6(2)13-5-10-4-11-13/h4-7H,3H2,1-2H3,(H,12,14)(H,15,16). The number of nitrogens with zero attached hydrogens (tertiary/aromatic N) is 3. The van der Waals surface area contributed by atoms with Crippen molar-refractivity contribution in [2.45, 2.75) is 32.4 Å². The average Bonchev–Trinajstić information content (AvgIpc) is 2.77. The van der Waals surface area contributed by atoms with Gasteiger partial charge in [0, 0.05) is 0 Å². The van der Waals surface area contributed by atoms with Gasteiger partial charge in [0.15, 0.2) is 0 Å². The summed E-state index contributed by atoms with van der Waals surface area (Å²) in [5.41, 5.74) is 0. The second-order valence-corrected chi connectivity index (χ2v) is 3.36. The fraction of sp³-hybridized carbons (Fsp3) is 0.556. The minimum Gasteiger partial charge on any atom is -0.480 e. The number of nitrogens with one attached hydrogen (secondary N) is 1. The van der Waals surface area contributed by atoms with Gasteiger partial charge in [0.2, 0.25) is 5.91 Å². The molecule has 1 heterocycles. The fourth-order valence-corrected chi connectivity index (χ4v) is 1.17. The first-order valence-corrected chi connectivity index (χ1v) is 4.93. The van der Waals surface area contributed by atoms with Gasteiger partial charge in [0.05, 0.1) is 0 Å². The van der Waals surface area contributed by atoms with Crippen LogP contribution < -0.4 is 5.32 Å². The van der Waals surface area contributed by atoms with E-state index in [1.807, 2.05) is 0 Å². The van der Waals surface area contributed by atoms with Gasteiger partial charge >= 0.3 is 5.97 Å². The lowest BCUT2D eigenvalue weighted by atomic mass is 10.2. The third kappa shape index (κ3) is 2.78. The molecule has 0 saturated carbocycles. The van der Waals surface area contributed by atoms with Crippen molar-refractivity contribution in [3.8, 4) is 0 Å². The van der Waals surface area contributed by atoms with E-state index >= 15 is 0 Å². The molecule has 0 aromatic carbocycles. The van der Waals surface area contributed by atoms with Gasteiger partial charge in [-0.3, -0.25) is 4.79 Å². The lowest BCUT2D eigenvalue weighted by molar-refractivity contribution is -0.142. The van der Waals surface area contributed by atoms with Crippen molar-refractivity contribution >= 4 is 11.9 Å². The highest BCUT2D eigenvalue weighted by Gasteiger charge is 2.22. The zero-order valence-electron chi connectivity index (χ0n) is 9.12. The Balaban J connectivity index is 2.61. The lowest BCUT2D eigenvalue weighted by Crippen LogP contribution is -2.43. The minimum absolute atomic E-state index is 0.338. The maximum absolute atomic E-state index is 11.7. The second kappa shape index (κ2) is 5.24. The number of aromatic nitrogens is 3. The topological polar surface area (TPSA) is 97.1 Å². The largest absolute Gasteiger partial charge is 0.480 e. The van der Waals surface area contributed by atoms with Crippen LogP contribution in [0.2, 0.25) is 0 Å². The van der Waals surface area contributed by atoms with Gasteiger partial charge in [-0.2, -0.15) is 5.10 Å². The van der Waals surface area contributed by atoms with E-state index in [0.717, 1.165) is 0 Å². The predicted octanol–water partition coefficient (Wildman–Crippen LogP) is -0.182. The van der Waals surface area contributed by atoms with Crippen molar-refractivity contribution in [3.63, 3.8) is 0 Å². The van der Waals surface area contributed by atoms with Gasteiger partial charge in [-0.1, -0.05) is 6.92 Å². The van der Waals surface area contributed by atoms with Gasteiger partial charge in [0.25, 0.3) is 0 Å². The molecule has 0 aliphatic rings. The number of hydrogen-bond acceptors (Lipinski definition) is 4. The van der Waals surface area contributed by atoms with Crippen molar-refractivity contribution in [1.82, 2.24) is 20.1 Å². The Kier molecular flexibility index (Phi) is 3.98. The number of carboxylic acid groups (broad SMARTS) is 1. The number of carbonyl (C=O) groups is 2. The van der Waals surface area contributed by atoms with Gasteiger partial charge in [-0.05, 0) is 13.3 Å². The number of carbonyl (C=O) groups excluding carboxylic acids is 1. The van der Waals surface area contributed by atoms with Gasteiger partial charge in [-0.25, -0.2) is 14.5 Å². The Morgan fingerprint density at radius 1 is 1.56 bits per heavy atom. The summed E-state index contributed by atoms with van der Waals surface area (Å²) in [7, 11) is 0. The minimum atomic E-state index is -1.04. The highest BCUT2D eigenvalue weighted by atomic mass is 16.4. The van der Waals surface area contributed by atoms with Crippen LogP contribution in [0.3, 0.4) is 0 Å². The molecule has 2 unspecified atom stereocenters. The van der Waals surface area contributed by atoms with E-state index in [0.29, 0.717) is 6.42 Å². The summed E-state index contributed by atoms with van der Waals surface area (Å²) in [4.78, 5) is 26.1. The molecule has 7 nitrogen and oxygen atoms in total. The molecule has 0 fully saturated rings. The molecule has 0 bridgehead atoms. The van der Waals surface area contributed by atoms with E-state index < -0.39 is 18.1 Å². The molecule has 1 amide bonds. The third-order valence-electron chi connectivity index (χ3n) is 2.24. The number of carboxylic acids is 1. The van der Waals surface area contributed by atoms with E-state index in [1.54, 1.807) is 13.8 Å². The van der Waals surface area contributed by atoms with Crippen LogP contribution in [0.15, 0.2) is 12.7 Å². The van der Waals surface area contributed by atoms with Crippen LogP contribution in [-0.4, -0.2) is 37.8 Å². The molecule has 0 spiro atoms. The summed E-state index contributed by atoms with van der Waals surface area (Å²) in [5, 5.41) is 15.0. The summed E-state index contributed by atoms with van der Waals surface area (Å²) in [6.45, 7) is 3.32. The van der Waals surface area contributed by atoms with Crippen LogP contribution in [0.5, 0.6) is 0 Å². The molecule has 0 radical (unpaired) electrons. The van der Waals surface area contributed by atoms with E-state index in [1.165, 1.54) is 17.3 Å². The number of rotatable bonds is 5. The second-order valence-electron chi connectivity index (χ2n) is 3.36. The molecule has 0 aliphatic heterocycles. The zero-order chi connectivity index (χ0) is 12.1. The first-order valence-electron chi connectivity index (χ1n) is 4.93. The first-order chi connectivity index (χ1) is 7.56. The Bertz CT molecular complexity index is 363. The van der Waals surface area contributed by atoms with Crippen LogP contribution in [-0.2, 0) is 9.59 Å². The molecule has 2 atom stereocenters. The highest BCUT2D eigenvalue weighted by Crippen LogP contribution is 2.03. The summed E-state index contributed by atoms with van der Waals surface area (Å²) < 4.78 is 1.36. The number of hydrogen-bond donors (Lipinski definition) is 2.